The summed E-state index contributed by atoms with van der Waals surface area (Å²) in [5.41, 5.74) is 0.627. The zero-order valence-electron chi connectivity index (χ0n) is 16.1. The average Bonchev–Trinajstić information content (AvgIpc) is 2.65. The van der Waals surface area contributed by atoms with E-state index >= 15 is 0 Å². The zero-order valence-corrected chi connectivity index (χ0v) is 16.1. The quantitative estimate of drug-likeness (QED) is 0.603. The molecule has 0 heterocycles. The molecule has 1 aliphatic rings. The Hall–Kier alpha value is -2.44. The third-order valence-electron chi connectivity index (χ3n) is 4.54. The molecule has 1 aliphatic carbocycles. The predicted molar refractivity (Wildman–Crippen MR) is 104 cm³/mol. The first-order valence-electron chi connectivity index (χ1n) is 9.73. The van der Waals surface area contributed by atoms with Gasteiger partial charge in [-0.1, -0.05) is 13.8 Å². The molecule has 2 rings (SSSR count). The fraction of sp³-hybridized carbons (Fsp3) is 0.600. The van der Waals surface area contributed by atoms with Gasteiger partial charge in [-0.05, 0) is 50.7 Å². The number of aliphatic carboxylic acids is 1. The van der Waals surface area contributed by atoms with Crippen molar-refractivity contribution in [2.45, 2.75) is 58.4 Å². The molecule has 0 unspecified atom stereocenters. The second kappa shape index (κ2) is 10.6. The van der Waals surface area contributed by atoms with E-state index < -0.39 is 5.97 Å². The lowest BCUT2D eigenvalue weighted by Gasteiger charge is -2.26. The largest absolute Gasteiger partial charge is 0.490 e. The highest BCUT2D eigenvalue weighted by Crippen LogP contribution is 2.31. The van der Waals surface area contributed by atoms with Crippen molar-refractivity contribution in [2.75, 3.05) is 18.5 Å². The molecule has 0 radical (unpaired) electrons. The average molecular weight is 378 g/mol. The van der Waals surface area contributed by atoms with E-state index in [1.165, 1.54) is 0 Å². The Kier molecular flexibility index (Phi) is 8.23. The topological polar surface area (TPSA) is 96.9 Å². The molecular weight excluding hydrogens is 348 g/mol. The van der Waals surface area contributed by atoms with Gasteiger partial charge in [-0.15, -0.1) is 0 Å². The van der Waals surface area contributed by atoms with Gasteiger partial charge in [0.05, 0.1) is 19.1 Å². The van der Waals surface area contributed by atoms with Gasteiger partial charge >= 0.3 is 12.0 Å². The van der Waals surface area contributed by atoms with Crippen molar-refractivity contribution in [1.29, 1.82) is 0 Å². The Morgan fingerprint density at radius 2 is 1.67 bits per heavy atom. The minimum absolute atomic E-state index is 0.00331. The first-order valence-corrected chi connectivity index (χ1v) is 9.73. The van der Waals surface area contributed by atoms with Crippen LogP contribution in [-0.4, -0.2) is 36.4 Å². The summed E-state index contributed by atoms with van der Waals surface area (Å²) < 4.78 is 11.4. The molecule has 2 amide bonds. The van der Waals surface area contributed by atoms with E-state index in [1.54, 1.807) is 18.2 Å². The van der Waals surface area contributed by atoms with Crippen LogP contribution in [0.1, 0.15) is 52.4 Å². The van der Waals surface area contributed by atoms with Crippen LogP contribution in [0.2, 0.25) is 0 Å². The molecule has 0 spiro atoms. The van der Waals surface area contributed by atoms with E-state index in [0.29, 0.717) is 56.1 Å². The summed E-state index contributed by atoms with van der Waals surface area (Å²) in [5.74, 6) is 0.247. The van der Waals surface area contributed by atoms with Gasteiger partial charge < -0.3 is 25.2 Å². The Balaban J connectivity index is 1.91. The molecule has 7 nitrogen and oxygen atoms in total. The van der Waals surface area contributed by atoms with Crippen molar-refractivity contribution in [3.8, 4) is 11.5 Å². The number of ether oxygens (including phenoxy) is 2. The normalized spacial score (nSPS) is 19.2. The van der Waals surface area contributed by atoms with Crippen LogP contribution in [0.25, 0.3) is 0 Å². The van der Waals surface area contributed by atoms with E-state index in [4.69, 9.17) is 14.6 Å². The molecule has 1 aromatic rings. The molecule has 27 heavy (non-hydrogen) atoms. The van der Waals surface area contributed by atoms with Gasteiger partial charge in [0, 0.05) is 17.8 Å². The molecule has 1 fully saturated rings. The van der Waals surface area contributed by atoms with Gasteiger partial charge in [0.2, 0.25) is 0 Å². The number of hydrogen-bond acceptors (Lipinski definition) is 4. The van der Waals surface area contributed by atoms with Crippen molar-refractivity contribution in [3.63, 3.8) is 0 Å². The fourth-order valence-electron chi connectivity index (χ4n) is 3.08. The molecule has 0 saturated heterocycles. The fourth-order valence-corrected chi connectivity index (χ4v) is 3.08. The van der Waals surface area contributed by atoms with Crippen LogP contribution < -0.4 is 20.1 Å². The third-order valence-corrected chi connectivity index (χ3v) is 4.54. The van der Waals surface area contributed by atoms with Crippen molar-refractivity contribution < 1.29 is 24.2 Å². The van der Waals surface area contributed by atoms with Crippen molar-refractivity contribution in [1.82, 2.24) is 5.32 Å². The molecular formula is C20H30N2O5. The monoisotopic (exact) mass is 378 g/mol. The van der Waals surface area contributed by atoms with Crippen LogP contribution in [0.4, 0.5) is 10.5 Å². The summed E-state index contributed by atoms with van der Waals surface area (Å²) in [4.78, 5) is 23.3. The number of carboxylic acid groups (broad SMARTS) is 1. The summed E-state index contributed by atoms with van der Waals surface area (Å²) in [6.07, 6.45) is 4.33. The van der Waals surface area contributed by atoms with Crippen LogP contribution >= 0.6 is 0 Å². The highest BCUT2D eigenvalue weighted by Gasteiger charge is 2.26. The lowest BCUT2D eigenvalue weighted by molar-refractivity contribution is -0.142. The molecule has 150 valence electrons. The van der Waals surface area contributed by atoms with Gasteiger partial charge in [-0.2, -0.15) is 0 Å². The molecule has 7 heteroatoms. The van der Waals surface area contributed by atoms with Crippen LogP contribution in [0.3, 0.4) is 0 Å². The lowest BCUT2D eigenvalue weighted by Crippen LogP contribution is -2.40. The third kappa shape index (κ3) is 6.66. The standard InChI is InChI=1S/C20H30N2O5/c1-3-11-26-17-10-9-16(13-18(17)27-12-4-2)22-20(25)21-15-7-5-14(6-8-15)19(23)24/h9-10,13-15H,3-8,11-12H2,1-2H3,(H,23,24)(H2,21,22,25). The zero-order chi connectivity index (χ0) is 19.6. The van der Waals surface area contributed by atoms with Crippen molar-refractivity contribution in [3.05, 3.63) is 18.2 Å². The first-order chi connectivity index (χ1) is 13.0. The van der Waals surface area contributed by atoms with Gasteiger partial charge in [-0.3, -0.25) is 4.79 Å². The van der Waals surface area contributed by atoms with E-state index in [-0.39, 0.29) is 18.0 Å². The second-order valence-electron chi connectivity index (χ2n) is 6.84. The number of hydrogen-bond donors (Lipinski definition) is 3. The Morgan fingerprint density at radius 1 is 1.04 bits per heavy atom. The Labute approximate surface area is 160 Å². The van der Waals surface area contributed by atoms with Crippen LogP contribution in [-0.2, 0) is 4.79 Å². The number of carboxylic acids is 1. The summed E-state index contributed by atoms with van der Waals surface area (Å²) in [7, 11) is 0. The number of amides is 2. The molecule has 1 saturated carbocycles. The predicted octanol–water partition coefficient (Wildman–Crippen LogP) is 4.03. The SMILES string of the molecule is CCCOc1ccc(NC(=O)NC2CCC(C(=O)O)CC2)cc1OCCC. The number of anilines is 1. The molecule has 3 N–H and O–H groups in total. The molecule has 1 aromatic carbocycles. The van der Waals surface area contributed by atoms with E-state index in [1.807, 2.05) is 13.8 Å². The molecule has 0 bridgehead atoms. The summed E-state index contributed by atoms with van der Waals surface area (Å²) >= 11 is 0. The highest BCUT2D eigenvalue weighted by molar-refractivity contribution is 5.89. The highest BCUT2D eigenvalue weighted by atomic mass is 16.5. The maximum atomic E-state index is 12.3. The van der Waals surface area contributed by atoms with E-state index in [9.17, 15) is 9.59 Å². The van der Waals surface area contributed by atoms with Crippen LogP contribution in [0, 0.1) is 5.92 Å². The Morgan fingerprint density at radius 3 is 2.26 bits per heavy atom. The maximum Gasteiger partial charge on any atom is 0.319 e. The maximum absolute atomic E-state index is 12.3. The van der Waals surface area contributed by atoms with Gasteiger partial charge in [-0.25, -0.2) is 4.79 Å². The summed E-state index contributed by atoms with van der Waals surface area (Å²) in [6.45, 7) is 5.25. The first kappa shape index (κ1) is 20.9. The van der Waals surface area contributed by atoms with Crippen LogP contribution in [0.15, 0.2) is 18.2 Å². The second-order valence-corrected chi connectivity index (χ2v) is 6.84. The van der Waals surface area contributed by atoms with E-state index in [2.05, 4.69) is 10.6 Å². The van der Waals surface area contributed by atoms with Gasteiger partial charge in [0.25, 0.3) is 0 Å². The summed E-state index contributed by atoms with van der Waals surface area (Å²) in [6, 6.07) is 5.06. The van der Waals surface area contributed by atoms with E-state index in [0.717, 1.165) is 12.8 Å². The minimum atomic E-state index is -0.747. The molecule has 0 aliphatic heterocycles. The number of urea groups is 1. The number of nitrogens with one attached hydrogen (secondary N) is 2. The number of carbonyl (C=O) groups excluding carboxylic acids is 1. The van der Waals surface area contributed by atoms with Crippen molar-refractivity contribution in [2.24, 2.45) is 5.92 Å². The molecule has 0 aromatic heterocycles. The van der Waals surface area contributed by atoms with Gasteiger partial charge in [0.15, 0.2) is 11.5 Å². The van der Waals surface area contributed by atoms with Gasteiger partial charge in [0.1, 0.15) is 0 Å². The van der Waals surface area contributed by atoms with Crippen molar-refractivity contribution >= 4 is 17.7 Å². The molecule has 0 atom stereocenters. The van der Waals surface area contributed by atoms with Crippen LogP contribution in [0.5, 0.6) is 11.5 Å². The summed E-state index contributed by atoms with van der Waals surface area (Å²) in [5, 5.41) is 14.8. The number of benzene rings is 1. The minimum Gasteiger partial charge on any atom is -0.490 e. The number of carbonyl (C=O) groups is 2. The number of rotatable bonds is 9. The Bertz CT molecular complexity index is 627. The smallest absolute Gasteiger partial charge is 0.319 e. The lowest BCUT2D eigenvalue weighted by atomic mass is 9.86.